The number of halogens is 3. The van der Waals surface area contributed by atoms with E-state index in [1.54, 1.807) is 6.07 Å². The maximum Gasteiger partial charge on any atom is 0.238 e. The van der Waals surface area contributed by atoms with E-state index in [1.165, 1.54) is 12.5 Å². The van der Waals surface area contributed by atoms with Crippen LogP contribution >= 0.6 is 34.8 Å². The summed E-state index contributed by atoms with van der Waals surface area (Å²) in [6, 6.07) is 3.48. The van der Waals surface area contributed by atoms with Crippen LogP contribution in [-0.2, 0) is 4.79 Å². The summed E-state index contributed by atoms with van der Waals surface area (Å²) in [7, 11) is 0. The Labute approximate surface area is 145 Å². The van der Waals surface area contributed by atoms with Crippen LogP contribution in [0.4, 0.5) is 5.69 Å². The number of amides is 1. The molecular formula is C15H20Cl3N3O. The van der Waals surface area contributed by atoms with Crippen LogP contribution in [0.15, 0.2) is 12.1 Å². The molecule has 0 saturated carbocycles. The van der Waals surface area contributed by atoms with Gasteiger partial charge in [-0.05, 0) is 44.5 Å². The molecule has 1 aromatic rings. The molecule has 1 atom stereocenters. The van der Waals surface area contributed by atoms with E-state index in [9.17, 15) is 4.79 Å². The Kier molecular flexibility index (Phi) is 6.78. The molecule has 3 N–H and O–H groups in total. The number of piperidine rings is 1. The normalized spacial score (nSPS) is 19.2. The molecule has 0 radical (unpaired) electrons. The molecule has 4 nitrogen and oxygen atoms in total. The molecule has 1 unspecified atom stereocenters. The van der Waals surface area contributed by atoms with E-state index in [1.807, 2.05) is 0 Å². The largest absolute Gasteiger partial charge is 0.330 e. The molecule has 1 heterocycles. The highest BCUT2D eigenvalue weighted by molar-refractivity contribution is 6.44. The quantitative estimate of drug-likeness (QED) is 0.782. The molecule has 0 spiro atoms. The van der Waals surface area contributed by atoms with Gasteiger partial charge >= 0.3 is 0 Å². The van der Waals surface area contributed by atoms with Crippen molar-refractivity contribution in [3.63, 3.8) is 0 Å². The third kappa shape index (κ3) is 4.74. The lowest BCUT2D eigenvalue weighted by Gasteiger charge is -2.35. The topological polar surface area (TPSA) is 58.4 Å². The van der Waals surface area contributed by atoms with Crippen molar-refractivity contribution >= 4 is 46.4 Å². The van der Waals surface area contributed by atoms with Gasteiger partial charge in [-0.15, -0.1) is 0 Å². The second-order valence-electron chi connectivity index (χ2n) is 5.49. The van der Waals surface area contributed by atoms with Crippen LogP contribution in [-0.4, -0.2) is 36.5 Å². The fraction of sp³-hybridized carbons (Fsp3) is 0.533. The fourth-order valence-corrected chi connectivity index (χ4v) is 3.37. The van der Waals surface area contributed by atoms with Crippen molar-refractivity contribution in [1.29, 1.82) is 0 Å². The maximum atomic E-state index is 12.3. The first-order chi connectivity index (χ1) is 10.5. The lowest BCUT2D eigenvalue weighted by atomic mass is 9.99. The molecule has 122 valence electrons. The minimum Gasteiger partial charge on any atom is -0.330 e. The van der Waals surface area contributed by atoms with Crippen molar-refractivity contribution in [1.82, 2.24) is 4.90 Å². The van der Waals surface area contributed by atoms with Gasteiger partial charge in [0, 0.05) is 6.04 Å². The summed E-state index contributed by atoms with van der Waals surface area (Å²) in [4.78, 5) is 14.5. The van der Waals surface area contributed by atoms with Crippen LogP contribution in [0.5, 0.6) is 0 Å². The zero-order valence-corrected chi connectivity index (χ0v) is 14.5. The van der Waals surface area contributed by atoms with Gasteiger partial charge in [0.25, 0.3) is 0 Å². The summed E-state index contributed by atoms with van der Waals surface area (Å²) in [6.07, 6.45) is 4.32. The molecule has 1 fully saturated rings. The Balaban J connectivity index is 1.98. The highest BCUT2D eigenvalue weighted by Crippen LogP contribution is 2.32. The number of nitrogens with one attached hydrogen (secondary N) is 1. The number of carbonyl (C=O) groups is 1. The fourth-order valence-electron chi connectivity index (χ4n) is 2.78. The van der Waals surface area contributed by atoms with E-state index >= 15 is 0 Å². The van der Waals surface area contributed by atoms with E-state index in [2.05, 4.69) is 10.2 Å². The van der Waals surface area contributed by atoms with Crippen LogP contribution in [0, 0.1) is 0 Å². The van der Waals surface area contributed by atoms with Gasteiger partial charge in [0.15, 0.2) is 0 Å². The number of rotatable bonds is 5. The monoisotopic (exact) mass is 363 g/mol. The summed E-state index contributed by atoms with van der Waals surface area (Å²) in [5.74, 6) is -0.107. The average molecular weight is 365 g/mol. The first-order valence-electron chi connectivity index (χ1n) is 7.39. The van der Waals surface area contributed by atoms with Crippen LogP contribution < -0.4 is 11.1 Å². The molecule has 0 aromatic heterocycles. The number of nitrogens with two attached hydrogens (primary N) is 1. The molecule has 2 rings (SSSR count). The summed E-state index contributed by atoms with van der Waals surface area (Å²) in [5, 5.41) is 3.90. The number of anilines is 1. The lowest BCUT2D eigenvalue weighted by molar-refractivity contribution is -0.118. The van der Waals surface area contributed by atoms with Gasteiger partial charge in [-0.3, -0.25) is 9.69 Å². The Morgan fingerprint density at radius 2 is 1.95 bits per heavy atom. The van der Waals surface area contributed by atoms with Gasteiger partial charge in [0.1, 0.15) is 0 Å². The summed E-state index contributed by atoms with van der Waals surface area (Å²) in [6.45, 7) is 1.90. The van der Waals surface area contributed by atoms with Gasteiger partial charge in [-0.1, -0.05) is 41.2 Å². The molecule has 1 saturated heterocycles. The summed E-state index contributed by atoms with van der Waals surface area (Å²) in [5.41, 5.74) is 6.13. The van der Waals surface area contributed by atoms with Crippen LogP contribution in [0.1, 0.15) is 25.7 Å². The van der Waals surface area contributed by atoms with Gasteiger partial charge in [-0.25, -0.2) is 0 Å². The number of carbonyl (C=O) groups excluding carboxylic acids is 1. The van der Waals surface area contributed by atoms with E-state index in [4.69, 9.17) is 40.5 Å². The van der Waals surface area contributed by atoms with Gasteiger partial charge < -0.3 is 11.1 Å². The lowest BCUT2D eigenvalue weighted by Crippen LogP contribution is -2.44. The minimum absolute atomic E-state index is 0.107. The molecule has 0 aliphatic carbocycles. The molecule has 7 heteroatoms. The van der Waals surface area contributed by atoms with E-state index in [-0.39, 0.29) is 5.91 Å². The molecule has 1 aliphatic heterocycles. The minimum atomic E-state index is -0.107. The van der Waals surface area contributed by atoms with Crippen LogP contribution in [0.25, 0.3) is 0 Å². The Morgan fingerprint density at radius 1 is 1.23 bits per heavy atom. The Hall–Kier alpha value is -0.520. The molecule has 1 aliphatic rings. The predicted molar refractivity (Wildman–Crippen MR) is 93.0 cm³/mol. The van der Waals surface area contributed by atoms with Gasteiger partial charge in [-0.2, -0.15) is 0 Å². The first kappa shape index (κ1) is 17.8. The van der Waals surface area contributed by atoms with Crippen LogP contribution in [0.2, 0.25) is 15.1 Å². The number of likely N-dealkylation sites (tertiary alicyclic amines) is 1. The number of benzene rings is 1. The number of nitrogens with zero attached hydrogens (tertiary/aromatic N) is 1. The van der Waals surface area contributed by atoms with Crippen molar-refractivity contribution in [2.45, 2.75) is 31.7 Å². The highest BCUT2D eigenvalue weighted by Gasteiger charge is 2.23. The third-order valence-corrected chi connectivity index (χ3v) is 4.91. The van der Waals surface area contributed by atoms with Crippen molar-refractivity contribution in [2.75, 3.05) is 25.0 Å². The first-order valence-corrected chi connectivity index (χ1v) is 8.53. The van der Waals surface area contributed by atoms with E-state index in [0.717, 1.165) is 25.8 Å². The van der Waals surface area contributed by atoms with E-state index < -0.39 is 0 Å². The molecular weight excluding hydrogens is 345 g/mol. The molecule has 1 aromatic carbocycles. The molecule has 0 bridgehead atoms. The summed E-state index contributed by atoms with van der Waals surface area (Å²) >= 11 is 17.9. The Morgan fingerprint density at radius 3 is 2.68 bits per heavy atom. The standard InChI is InChI=1S/C15H20Cl3N3O/c16-11-7-13(18)14(8-12(11)17)20-15(22)9-21-6-2-1-3-10(21)4-5-19/h7-8,10H,1-6,9,19H2,(H,20,22). The molecule has 22 heavy (non-hydrogen) atoms. The second kappa shape index (κ2) is 8.37. The number of hydrogen-bond acceptors (Lipinski definition) is 3. The maximum absolute atomic E-state index is 12.3. The SMILES string of the molecule is NCCC1CCCCN1CC(=O)Nc1cc(Cl)c(Cl)cc1Cl. The second-order valence-corrected chi connectivity index (χ2v) is 6.71. The van der Waals surface area contributed by atoms with Crippen molar-refractivity contribution in [3.8, 4) is 0 Å². The van der Waals surface area contributed by atoms with Crippen molar-refractivity contribution < 1.29 is 4.79 Å². The third-order valence-electron chi connectivity index (χ3n) is 3.88. The molecule has 1 amide bonds. The van der Waals surface area contributed by atoms with Crippen molar-refractivity contribution in [3.05, 3.63) is 27.2 Å². The predicted octanol–water partition coefficient (Wildman–Crippen LogP) is 3.79. The Bertz CT molecular complexity index is 537. The average Bonchev–Trinajstić information content (AvgIpc) is 2.47. The smallest absolute Gasteiger partial charge is 0.238 e. The number of hydrogen-bond donors (Lipinski definition) is 2. The summed E-state index contributed by atoms with van der Waals surface area (Å²) < 4.78 is 0. The zero-order valence-electron chi connectivity index (χ0n) is 12.2. The van der Waals surface area contributed by atoms with Crippen LogP contribution in [0.3, 0.4) is 0 Å². The van der Waals surface area contributed by atoms with E-state index in [0.29, 0.717) is 39.9 Å². The highest BCUT2D eigenvalue weighted by atomic mass is 35.5. The van der Waals surface area contributed by atoms with Crippen molar-refractivity contribution in [2.24, 2.45) is 5.73 Å². The van der Waals surface area contributed by atoms with Gasteiger partial charge in [0.05, 0.1) is 27.3 Å². The van der Waals surface area contributed by atoms with Gasteiger partial charge in [0.2, 0.25) is 5.91 Å². The zero-order chi connectivity index (χ0) is 16.1.